The van der Waals surface area contributed by atoms with Crippen molar-refractivity contribution in [2.75, 3.05) is 13.7 Å². The van der Waals surface area contributed by atoms with Crippen LogP contribution < -0.4 is 9.54 Å². The van der Waals surface area contributed by atoms with Gasteiger partial charge in [-0.25, -0.2) is 9.38 Å². The molecule has 3 aromatic rings. The van der Waals surface area contributed by atoms with Crippen LogP contribution in [0.2, 0.25) is 0 Å². The summed E-state index contributed by atoms with van der Waals surface area (Å²) in [4.78, 5) is 5.72. The predicted octanol–water partition coefficient (Wildman–Crippen LogP) is 4.78. The fourth-order valence-corrected chi connectivity index (χ4v) is 4.14. The van der Waals surface area contributed by atoms with Gasteiger partial charge in [0.15, 0.2) is 4.80 Å². The zero-order chi connectivity index (χ0) is 18.6. The molecular weight excluding hydrogens is 363 g/mol. The van der Waals surface area contributed by atoms with Gasteiger partial charge in [0, 0.05) is 12.0 Å². The van der Waals surface area contributed by atoms with Crippen LogP contribution >= 0.6 is 11.3 Å². The molecule has 0 spiro atoms. The second-order valence-corrected chi connectivity index (χ2v) is 7.30. The molecule has 27 heavy (non-hydrogen) atoms. The molecule has 0 bridgehead atoms. The van der Waals surface area contributed by atoms with E-state index in [1.165, 1.54) is 12.1 Å². The van der Waals surface area contributed by atoms with E-state index in [9.17, 15) is 4.39 Å². The average Bonchev–Trinajstić information content (AvgIpc) is 3.34. The van der Waals surface area contributed by atoms with E-state index in [0.717, 1.165) is 53.5 Å². The van der Waals surface area contributed by atoms with Crippen molar-refractivity contribution in [2.24, 2.45) is 4.99 Å². The highest BCUT2D eigenvalue weighted by Gasteiger charge is 2.19. The Morgan fingerprint density at radius 3 is 2.63 bits per heavy atom. The molecule has 4 nitrogen and oxygen atoms in total. The fourth-order valence-electron chi connectivity index (χ4n) is 3.21. The van der Waals surface area contributed by atoms with Crippen LogP contribution in [0.25, 0.3) is 11.3 Å². The molecule has 1 saturated heterocycles. The van der Waals surface area contributed by atoms with Gasteiger partial charge in [-0.1, -0.05) is 0 Å². The first-order valence-electron chi connectivity index (χ1n) is 8.97. The van der Waals surface area contributed by atoms with E-state index in [2.05, 4.69) is 9.95 Å². The van der Waals surface area contributed by atoms with Crippen molar-refractivity contribution in [1.82, 2.24) is 4.57 Å². The van der Waals surface area contributed by atoms with Gasteiger partial charge in [-0.15, -0.1) is 11.3 Å². The SMILES string of the molecule is COc1ccc(N=c2scc(-c3ccc(F)cc3)n2C[C@H]2CCCO2)cc1. The molecule has 140 valence electrons. The summed E-state index contributed by atoms with van der Waals surface area (Å²) in [6, 6.07) is 14.3. The number of benzene rings is 2. The Hall–Kier alpha value is -2.44. The molecule has 4 rings (SSSR count). The largest absolute Gasteiger partial charge is 0.497 e. The lowest BCUT2D eigenvalue weighted by atomic mass is 10.1. The Morgan fingerprint density at radius 1 is 1.19 bits per heavy atom. The molecule has 1 aromatic heterocycles. The first-order valence-corrected chi connectivity index (χ1v) is 9.85. The highest BCUT2D eigenvalue weighted by atomic mass is 32.1. The third kappa shape index (κ3) is 4.12. The van der Waals surface area contributed by atoms with Crippen LogP contribution in [-0.4, -0.2) is 24.4 Å². The summed E-state index contributed by atoms with van der Waals surface area (Å²) in [5.74, 6) is 0.571. The molecule has 0 radical (unpaired) electrons. The van der Waals surface area contributed by atoms with Crippen molar-refractivity contribution in [2.45, 2.75) is 25.5 Å². The number of halogens is 1. The van der Waals surface area contributed by atoms with Crippen molar-refractivity contribution in [3.8, 4) is 17.0 Å². The zero-order valence-corrected chi connectivity index (χ0v) is 15.9. The molecule has 0 aliphatic carbocycles. The van der Waals surface area contributed by atoms with Crippen molar-refractivity contribution >= 4 is 17.0 Å². The number of hydrogen-bond donors (Lipinski definition) is 0. The summed E-state index contributed by atoms with van der Waals surface area (Å²) < 4.78 is 26.6. The number of aromatic nitrogens is 1. The maximum absolute atomic E-state index is 13.3. The Kier molecular flexibility index (Phi) is 5.36. The Morgan fingerprint density at radius 2 is 1.96 bits per heavy atom. The lowest BCUT2D eigenvalue weighted by Crippen LogP contribution is -2.24. The minimum Gasteiger partial charge on any atom is -0.497 e. The summed E-state index contributed by atoms with van der Waals surface area (Å²) in [6.45, 7) is 1.55. The van der Waals surface area contributed by atoms with Gasteiger partial charge in [-0.05, 0) is 66.9 Å². The lowest BCUT2D eigenvalue weighted by molar-refractivity contribution is 0.0968. The molecule has 1 aliphatic heterocycles. The van der Waals surface area contributed by atoms with Crippen LogP contribution in [0.1, 0.15) is 12.8 Å². The van der Waals surface area contributed by atoms with Gasteiger partial charge < -0.3 is 14.0 Å². The van der Waals surface area contributed by atoms with Gasteiger partial charge in [-0.3, -0.25) is 0 Å². The Labute approximate surface area is 161 Å². The van der Waals surface area contributed by atoms with Gasteiger partial charge in [0.25, 0.3) is 0 Å². The molecule has 0 amide bonds. The third-order valence-electron chi connectivity index (χ3n) is 4.65. The smallest absolute Gasteiger partial charge is 0.190 e. The molecule has 1 fully saturated rings. The van der Waals surface area contributed by atoms with Gasteiger partial charge in [-0.2, -0.15) is 0 Å². The van der Waals surface area contributed by atoms with Crippen molar-refractivity contribution < 1.29 is 13.9 Å². The van der Waals surface area contributed by atoms with E-state index < -0.39 is 0 Å². The molecule has 0 unspecified atom stereocenters. The van der Waals surface area contributed by atoms with E-state index in [0.29, 0.717) is 0 Å². The summed E-state index contributed by atoms with van der Waals surface area (Å²) in [6.07, 6.45) is 2.33. The van der Waals surface area contributed by atoms with E-state index in [1.54, 1.807) is 30.6 Å². The van der Waals surface area contributed by atoms with Crippen LogP contribution in [0, 0.1) is 5.82 Å². The molecule has 6 heteroatoms. The monoisotopic (exact) mass is 384 g/mol. The summed E-state index contributed by atoms with van der Waals surface area (Å²) in [5, 5.41) is 2.07. The quantitative estimate of drug-likeness (QED) is 0.635. The topological polar surface area (TPSA) is 35.8 Å². The molecular formula is C21H21FN2O2S. The van der Waals surface area contributed by atoms with Gasteiger partial charge >= 0.3 is 0 Å². The predicted molar refractivity (Wildman–Crippen MR) is 105 cm³/mol. The fraction of sp³-hybridized carbons (Fsp3) is 0.286. The number of ether oxygens (including phenoxy) is 2. The van der Waals surface area contributed by atoms with Crippen molar-refractivity contribution in [3.63, 3.8) is 0 Å². The van der Waals surface area contributed by atoms with E-state index in [-0.39, 0.29) is 11.9 Å². The van der Waals surface area contributed by atoms with Crippen LogP contribution in [0.5, 0.6) is 5.75 Å². The second-order valence-electron chi connectivity index (χ2n) is 6.47. The lowest BCUT2D eigenvalue weighted by Gasteiger charge is -2.14. The van der Waals surface area contributed by atoms with Crippen LogP contribution in [0.3, 0.4) is 0 Å². The summed E-state index contributed by atoms with van der Waals surface area (Å²) >= 11 is 1.58. The summed E-state index contributed by atoms with van der Waals surface area (Å²) in [5.41, 5.74) is 2.87. The van der Waals surface area contributed by atoms with Gasteiger partial charge in [0.2, 0.25) is 0 Å². The zero-order valence-electron chi connectivity index (χ0n) is 15.1. The third-order valence-corrected chi connectivity index (χ3v) is 5.51. The highest BCUT2D eigenvalue weighted by molar-refractivity contribution is 7.07. The molecule has 0 N–H and O–H groups in total. The number of methoxy groups -OCH3 is 1. The molecule has 2 heterocycles. The Balaban J connectivity index is 1.75. The van der Waals surface area contributed by atoms with E-state index >= 15 is 0 Å². The van der Waals surface area contributed by atoms with E-state index in [1.807, 2.05) is 24.3 Å². The molecule has 1 atom stereocenters. The maximum atomic E-state index is 13.3. The summed E-state index contributed by atoms with van der Waals surface area (Å²) in [7, 11) is 1.65. The highest BCUT2D eigenvalue weighted by Crippen LogP contribution is 2.24. The van der Waals surface area contributed by atoms with Crippen LogP contribution in [0.15, 0.2) is 58.9 Å². The minimum absolute atomic E-state index is 0.189. The number of rotatable bonds is 5. The van der Waals surface area contributed by atoms with Crippen LogP contribution in [0.4, 0.5) is 10.1 Å². The minimum atomic E-state index is -0.234. The first-order chi connectivity index (χ1) is 13.2. The van der Waals surface area contributed by atoms with Crippen molar-refractivity contribution in [3.05, 3.63) is 64.5 Å². The molecule has 2 aromatic carbocycles. The standard InChI is InChI=1S/C21H21FN2O2S/c1-25-18-10-8-17(9-11-18)23-21-24(13-19-3-2-12-26-19)20(14-27-21)15-4-6-16(22)7-5-15/h4-11,14,19H,2-3,12-13H2,1H3/t19-/m1/s1. The normalized spacial score (nSPS) is 17.4. The molecule has 0 saturated carbocycles. The van der Waals surface area contributed by atoms with Gasteiger partial charge in [0.1, 0.15) is 11.6 Å². The first kappa shape index (κ1) is 17.9. The number of hydrogen-bond acceptors (Lipinski definition) is 4. The molecule has 1 aliphatic rings. The van der Waals surface area contributed by atoms with Gasteiger partial charge in [0.05, 0.1) is 31.1 Å². The van der Waals surface area contributed by atoms with E-state index in [4.69, 9.17) is 14.5 Å². The number of nitrogens with zero attached hydrogens (tertiary/aromatic N) is 2. The average molecular weight is 384 g/mol. The van der Waals surface area contributed by atoms with Crippen LogP contribution in [-0.2, 0) is 11.3 Å². The Bertz CT molecular complexity index is 955. The van der Waals surface area contributed by atoms with Crippen molar-refractivity contribution in [1.29, 1.82) is 0 Å². The second kappa shape index (κ2) is 8.06. The maximum Gasteiger partial charge on any atom is 0.190 e. The number of thiazole rings is 1.